The first-order valence-corrected chi connectivity index (χ1v) is 10.0. The van der Waals surface area contributed by atoms with Crippen molar-refractivity contribution in [2.24, 2.45) is 11.5 Å². The maximum Gasteiger partial charge on any atom is 0.129 e. The smallest absolute Gasteiger partial charge is 0.129 e. The van der Waals surface area contributed by atoms with Crippen molar-refractivity contribution in [2.45, 2.75) is 32.4 Å². The van der Waals surface area contributed by atoms with Crippen molar-refractivity contribution in [3.8, 4) is 5.75 Å². The average molecular weight is 377 g/mol. The Morgan fingerprint density at radius 1 is 1.14 bits per heavy atom. The van der Waals surface area contributed by atoms with E-state index >= 15 is 0 Å². The van der Waals surface area contributed by atoms with Crippen LogP contribution in [0.4, 0.5) is 5.82 Å². The topological polar surface area (TPSA) is 77.4 Å². The Kier molecular flexibility index (Phi) is 5.46. The van der Waals surface area contributed by atoms with Gasteiger partial charge in [0.2, 0.25) is 0 Å². The van der Waals surface area contributed by atoms with Crippen LogP contribution in [-0.4, -0.2) is 24.7 Å². The average Bonchev–Trinajstić information content (AvgIpc) is 2.94. The third-order valence-corrected chi connectivity index (χ3v) is 5.44. The van der Waals surface area contributed by atoms with Gasteiger partial charge in [-0.15, -0.1) is 0 Å². The first-order chi connectivity index (χ1) is 13.7. The molecule has 2 aromatic carbocycles. The van der Waals surface area contributed by atoms with Gasteiger partial charge in [-0.25, -0.2) is 4.98 Å². The van der Waals surface area contributed by atoms with Gasteiger partial charge in [-0.2, -0.15) is 0 Å². The summed E-state index contributed by atoms with van der Waals surface area (Å²) in [5.41, 5.74) is 16.9. The van der Waals surface area contributed by atoms with E-state index in [-0.39, 0.29) is 6.04 Å². The van der Waals surface area contributed by atoms with Crippen molar-refractivity contribution >= 4 is 16.7 Å². The summed E-state index contributed by atoms with van der Waals surface area (Å²) in [6.07, 6.45) is 2.16. The van der Waals surface area contributed by atoms with E-state index in [4.69, 9.17) is 21.2 Å². The summed E-state index contributed by atoms with van der Waals surface area (Å²) < 4.78 is 5.71. The summed E-state index contributed by atoms with van der Waals surface area (Å²) in [7, 11) is 0. The lowest BCUT2D eigenvalue weighted by atomic mass is 10.0. The van der Waals surface area contributed by atoms with E-state index < -0.39 is 0 Å². The third kappa shape index (κ3) is 3.68. The summed E-state index contributed by atoms with van der Waals surface area (Å²) >= 11 is 0. The largest absolute Gasteiger partial charge is 0.494 e. The highest BCUT2D eigenvalue weighted by atomic mass is 16.5. The molecule has 0 fully saturated rings. The molecule has 1 unspecified atom stereocenters. The molecule has 1 aliphatic rings. The molecule has 0 aliphatic carbocycles. The predicted octanol–water partition coefficient (Wildman–Crippen LogP) is 3.54. The van der Waals surface area contributed by atoms with Gasteiger partial charge in [-0.3, -0.25) is 0 Å². The molecule has 146 valence electrons. The fraction of sp³-hybridized carbons (Fsp3) is 0.348. The Bertz CT molecular complexity index is 972. The summed E-state index contributed by atoms with van der Waals surface area (Å²) in [4.78, 5) is 7.30. The molecule has 0 saturated heterocycles. The number of hydrogen-bond acceptors (Lipinski definition) is 5. The van der Waals surface area contributed by atoms with Gasteiger partial charge >= 0.3 is 0 Å². The maximum absolute atomic E-state index is 6.33. The van der Waals surface area contributed by atoms with Gasteiger partial charge in [0.1, 0.15) is 11.6 Å². The number of ether oxygens (including phenoxy) is 1. The number of nitrogens with two attached hydrogens (primary N) is 2. The van der Waals surface area contributed by atoms with E-state index in [2.05, 4.69) is 35.2 Å². The number of rotatable bonds is 5. The molecule has 5 heteroatoms. The molecule has 2 heterocycles. The van der Waals surface area contributed by atoms with E-state index in [0.717, 1.165) is 54.0 Å². The number of fused-ring (bicyclic) bond motifs is 2. The summed E-state index contributed by atoms with van der Waals surface area (Å²) in [5.74, 6) is 1.90. The van der Waals surface area contributed by atoms with Crippen molar-refractivity contribution in [2.75, 3.05) is 24.6 Å². The molecule has 1 aliphatic heterocycles. The number of pyridine rings is 1. The minimum atomic E-state index is -0.199. The predicted molar refractivity (Wildman–Crippen MR) is 115 cm³/mol. The van der Waals surface area contributed by atoms with Crippen molar-refractivity contribution in [3.63, 3.8) is 0 Å². The number of anilines is 1. The molecule has 4 rings (SSSR count). The SMILES string of the molecule is CCOc1ccc2c(c1)CN(c1cc(C(N)CN)c3ccccc3n1)CCC2. The first-order valence-electron chi connectivity index (χ1n) is 10.0. The zero-order valence-electron chi connectivity index (χ0n) is 16.4. The van der Waals surface area contributed by atoms with Crippen molar-refractivity contribution in [1.29, 1.82) is 0 Å². The van der Waals surface area contributed by atoms with Gasteiger partial charge in [0.25, 0.3) is 0 Å². The molecular weight excluding hydrogens is 348 g/mol. The quantitative estimate of drug-likeness (QED) is 0.712. The second kappa shape index (κ2) is 8.17. The minimum Gasteiger partial charge on any atom is -0.494 e. The van der Waals surface area contributed by atoms with Crippen LogP contribution in [0.25, 0.3) is 10.9 Å². The lowest BCUT2D eigenvalue weighted by Gasteiger charge is -2.24. The van der Waals surface area contributed by atoms with E-state index in [9.17, 15) is 0 Å². The third-order valence-electron chi connectivity index (χ3n) is 5.44. The molecule has 28 heavy (non-hydrogen) atoms. The summed E-state index contributed by atoms with van der Waals surface area (Å²) in [6, 6.07) is 16.5. The van der Waals surface area contributed by atoms with Gasteiger partial charge in [-0.05, 0) is 60.7 Å². The molecule has 3 aromatic rings. The van der Waals surface area contributed by atoms with Crippen LogP contribution in [0, 0.1) is 0 Å². The number of para-hydroxylation sites is 1. The first kappa shape index (κ1) is 18.7. The highest BCUT2D eigenvalue weighted by molar-refractivity contribution is 5.84. The monoisotopic (exact) mass is 376 g/mol. The molecule has 1 aromatic heterocycles. The van der Waals surface area contributed by atoms with Crippen LogP contribution in [0.3, 0.4) is 0 Å². The summed E-state index contributed by atoms with van der Waals surface area (Å²) in [6.45, 7) is 4.88. The second-order valence-corrected chi connectivity index (χ2v) is 7.32. The van der Waals surface area contributed by atoms with Crippen molar-refractivity contribution < 1.29 is 4.74 Å². The van der Waals surface area contributed by atoms with Crippen molar-refractivity contribution in [1.82, 2.24) is 4.98 Å². The molecule has 4 N–H and O–H groups in total. The number of aromatic nitrogens is 1. The van der Waals surface area contributed by atoms with Gasteiger partial charge < -0.3 is 21.1 Å². The molecule has 0 bridgehead atoms. The van der Waals surface area contributed by atoms with Crippen LogP contribution < -0.4 is 21.1 Å². The van der Waals surface area contributed by atoms with Crippen molar-refractivity contribution in [3.05, 3.63) is 65.2 Å². The normalized spacial score (nSPS) is 15.2. The van der Waals surface area contributed by atoms with Gasteiger partial charge in [0.15, 0.2) is 0 Å². The fourth-order valence-electron chi connectivity index (χ4n) is 3.97. The number of nitrogens with zero attached hydrogens (tertiary/aromatic N) is 2. The summed E-state index contributed by atoms with van der Waals surface area (Å²) in [5, 5.41) is 1.08. The van der Waals surface area contributed by atoms with E-state index in [0.29, 0.717) is 13.2 Å². The minimum absolute atomic E-state index is 0.199. The molecule has 1 atom stereocenters. The standard InChI is InChI=1S/C23H28N4O/c1-2-28-18-10-9-16-6-5-11-27(15-17(16)12-18)23-13-20(21(25)14-24)19-7-3-4-8-22(19)26-23/h3-4,7-10,12-13,21H,2,5-6,11,14-15,24-25H2,1H3. The highest BCUT2D eigenvalue weighted by Gasteiger charge is 2.19. The molecule has 0 radical (unpaired) electrons. The zero-order valence-corrected chi connectivity index (χ0v) is 16.4. The second-order valence-electron chi connectivity index (χ2n) is 7.32. The number of hydrogen-bond donors (Lipinski definition) is 2. The lowest BCUT2D eigenvalue weighted by molar-refractivity contribution is 0.340. The lowest BCUT2D eigenvalue weighted by Crippen LogP contribution is -2.25. The Labute approximate surface area is 166 Å². The van der Waals surface area contributed by atoms with Gasteiger partial charge in [0.05, 0.1) is 12.1 Å². The zero-order chi connectivity index (χ0) is 19.5. The Morgan fingerprint density at radius 3 is 2.82 bits per heavy atom. The Morgan fingerprint density at radius 2 is 2.00 bits per heavy atom. The van der Waals surface area contributed by atoms with Crippen LogP contribution in [-0.2, 0) is 13.0 Å². The molecule has 0 saturated carbocycles. The van der Waals surface area contributed by atoms with Gasteiger partial charge in [-0.1, -0.05) is 24.3 Å². The molecule has 5 nitrogen and oxygen atoms in total. The van der Waals surface area contributed by atoms with Crippen LogP contribution in [0.15, 0.2) is 48.5 Å². The van der Waals surface area contributed by atoms with Crippen LogP contribution >= 0.6 is 0 Å². The maximum atomic E-state index is 6.33. The van der Waals surface area contributed by atoms with Crippen LogP contribution in [0.1, 0.15) is 36.1 Å². The molecule has 0 spiro atoms. The van der Waals surface area contributed by atoms with Crippen LogP contribution in [0.5, 0.6) is 5.75 Å². The number of benzene rings is 2. The van der Waals surface area contributed by atoms with E-state index in [1.54, 1.807) is 0 Å². The fourth-order valence-corrected chi connectivity index (χ4v) is 3.97. The number of aryl methyl sites for hydroxylation is 1. The molecule has 0 amide bonds. The van der Waals surface area contributed by atoms with E-state index in [1.165, 1.54) is 11.1 Å². The highest BCUT2D eigenvalue weighted by Crippen LogP contribution is 2.30. The van der Waals surface area contributed by atoms with Gasteiger partial charge in [0, 0.05) is 31.1 Å². The Balaban J connectivity index is 1.74. The Hall–Kier alpha value is -2.63. The van der Waals surface area contributed by atoms with E-state index in [1.807, 2.05) is 25.1 Å². The van der Waals surface area contributed by atoms with Crippen LogP contribution in [0.2, 0.25) is 0 Å². The molecular formula is C23H28N4O.